The van der Waals surface area contributed by atoms with Crippen LogP contribution < -0.4 is 0 Å². The van der Waals surface area contributed by atoms with Crippen molar-refractivity contribution in [1.82, 2.24) is 4.98 Å². The van der Waals surface area contributed by atoms with Crippen LogP contribution in [0, 0.1) is 0 Å². The highest BCUT2D eigenvalue weighted by molar-refractivity contribution is 8.13. The molecule has 0 aliphatic carbocycles. The number of pyridine rings is 1. The van der Waals surface area contributed by atoms with Crippen LogP contribution in [0.1, 0.15) is 17.7 Å². The first-order valence-corrected chi connectivity index (χ1v) is 6.14. The van der Waals surface area contributed by atoms with Crippen LogP contribution in [0.2, 0.25) is 0 Å². The molecule has 0 saturated heterocycles. The van der Waals surface area contributed by atoms with Crippen LogP contribution in [-0.2, 0) is 15.2 Å². The van der Waals surface area contributed by atoms with E-state index in [1.165, 1.54) is 0 Å². The fourth-order valence-electron chi connectivity index (χ4n) is 0.978. The minimum absolute atomic E-state index is 0.0240. The van der Waals surface area contributed by atoms with Gasteiger partial charge in [0, 0.05) is 16.9 Å². The maximum atomic E-state index is 12.3. The Kier molecular flexibility index (Phi) is 3.63. The van der Waals surface area contributed by atoms with Crippen LogP contribution in [0.15, 0.2) is 17.2 Å². The maximum Gasteiger partial charge on any atom is 0.433 e. The summed E-state index contributed by atoms with van der Waals surface area (Å²) in [5.74, 6) is 0. The Morgan fingerprint density at radius 2 is 1.82 bits per heavy atom. The third-order valence-corrected chi connectivity index (χ3v) is 3.06. The average molecular weight is 296 g/mol. The Labute approximate surface area is 96.6 Å². The van der Waals surface area contributed by atoms with Gasteiger partial charge in [0.25, 0.3) is 15.5 Å². The van der Waals surface area contributed by atoms with Gasteiger partial charge in [-0.05, 0) is 6.07 Å². The highest BCUT2D eigenvalue weighted by Crippen LogP contribution is 2.34. The number of nitrogens with zero attached hydrogens (tertiary/aromatic N) is 1. The van der Waals surface area contributed by atoms with Gasteiger partial charge in [-0.15, -0.1) is 0 Å². The van der Waals surface area contributed by atoms with Gasteiger partial charge in [0.15, 0.2) is 0 Å². The number of hydrogen-bond donors (Lipinski definition) is 0. The topological polar surface area (TPSA) is 47.0 Å². The van der Waals surface area contributed by atoms with E-state index in [9.17, 15) is 30.4 Å². The minimum atomic E-state index is -4.95. The first kappa shape index (κ1) is 14.1. The molecular formula is C7H3ClF5NO2S. The number of aromatic nitrogens is 1. The lowest BCUT2D eigenvalue weighted by Crippen LogP contribution is -2.11. The number of alkyl halides is 5. The van der Waals surface area contributed by atoms with Gasteiger partial charge in [0.2, 0.25) is 0 Å². The fourth-order valence-corrected chi connectivity index (χ4v) is 2.05. The lowest BCUT2D eigenvalue weighted by atomic mass is 10.2. The third kappa shape index (κ3) is 3.25. The summed E-state index contributed by atoms with van der Waals surface area (Å²) in [6.45, 7) is 0. The molecule has 0 N–H and O–H groups in total. The first-order chi connectivity index (χ1) is 7.53. The predicted molar refractivity (Wildman–Crippen MR) is 47.2 cm³/mol. The zero-order valence-electron chi connectivity index (χ0n) is 7.67. The van der Waals surface area contributed by atoms with Crippen molar-refractivity contribution in [3.63, 3.8) is 0 Å². The van der Waals surface area contributed by atoms with Gasteiger partial charge in [-0.25, -0.2) is 17.2 Å². The standard InChI is InChI=1S/C7H3ClF5NO2S/c8-17(15,16)4-1-5(7(11,12)13)14-2-3(4)6(9)10/h1-2,6H. The van der Waals surface area contributed by atoms with Gasteiger partial charge in [-0.1, -0.05) is 0 Å². The second-order valence-corrected chi connectivity index (χ2v) is 5.38. The summed E-state index contributed by atoms with van der Waals surface area (Å²) >= 11 is 0. The molecule has 0 radical (unpaired) electrons. The predicted octanol–water partition coefficient (Wildman–Crippen LogP) is 2.97. The van der Waals surface area contributed by atoms with E-state index in [0.717, 1.165) is 0 Å². The Morgan fingerprint density at radius 3 is 2.18 bits per heavy atom. The smallest absolute Gasteiger partial charge is 0.251 e. The summed E-state index contributed by atoms with van der Waals surface area (Å²) in [5, 5.41) is 0. The molecule has 3 nitrogen and oxygen atoms in total. The molecule has 1 rings (SSSR count). The quantitative estimate of drug-likeness (QED) is 0.622. The van der Waals surface area contributed by atoms with Crippen LogP contribution in [-0.4, -0.2) is 13.4 Å². The van der Waals surface area contributed by atoms with Crippen LogP contribution in [0.25, 0.3) is 0 Å². The van der Waals surface area contributed by atoms with Crippen LogP contribution >= 0.6 is 10.7 Å². The molecule has 0 aliphatic heterocycles. The summed E-state index contributed by atoms with van der Waals surface area (Å²) in [4.78, 5) is 1.42. The van der Waals surface area contributed by atoms with E-state index >= 15 is 0 Å². The summed E-state index contributed by atoms with van der Waals surface area (Å²) in [6, 6.07) is -0.0240. The van der Waals surface area contributed by atoms with Gasteiger partial charge < -0.3 is 0 Å². The molecule has 1 aromatic heterocycles. The Hall–Kier alpha value is -0.960. The summed E-state index contributed by atoms with van der Waals surface area (Å²) < 4.78 is 83.0. The molecule has 0 bridgehead atoms. The molecule has 10 heteroatoms. The molecule has 17 heavy (non-hydrogen) atoms. The van der Waals surface area contributed by atoms with Gasteiger partial charge in [-0.3, -0.25) is 4.98 Å². The second-order valence-electron chi connectivity index (χ2n) is 2.84. The Bertz CT molecular complexity index is 528. The van der Waals surface area contributed by atoms with E-state index in [1.54, 1.807) is 0 Å². The van der Waals surface area contributed by atoms with Crippen molar-refractivity contribution in [2.75, 3.05) is 0 Å². The minimum Gasteiger partial charge on any atom is -0.251 e. The van der Waals surface area contributed by atoms with E-state index < -0.39 is 37.8 Å². The van der Waals surface area contributed by atoms with Crippen molar-refractivity contribution in [2.24, 2.45) is 0 Å². The third-order valence-electron chi connectivity index (χ3n) is 1.68. The van der Waals surface area contributed by atoms with Gasteiger partial charge in [0.05, 0.1) is 10.5 Å². The molecule has 1 heterocycles. The maximum absolute atomic E-state index is 12.3. The normalized spacial score (nSPS) is 13.1. The Balaban J connectivity index is 3.52. The van der Waals surface area contributed by atoms with E-state index in [1.807, 2.05) is 0 Å². The molecule has 0 aromatic carbocycles. The number of halogens is 6. The lowest BCUT2D eigenvalue weighted by Gasteiger charge is -2.09. The zero-order chi connectivity index (χ0) is 13.4. The summed E-state index contributed by atoms with van der Waals surface area (Å²) in [5.41, 5.74) is -2.78. The van der Waals surface area contributed by atoms with Gasteiger partial charge in [0.1, 0.15) is 5.69 Å². The molecule has 0 amide bonds. The molecule has 0 spiro atoms. The molecule has 0 saturated carbocycles. The van der Waals surface area contributed by atoms with Crippen molar-refractivity contribution in [2.45, 2.75) is 17.5 Å². The number of hydrogen-bond acceptors (Lipinski definition) is 3. The molecule has 0 fully saturated rings. The lowest BCUT2D eigenvalue weighted by molar-refractivity contribution is -0.141. The van der Waals surface area contributed by atoms with E-state index in [2.05, 4.69) is 4.98 Å². The molecule has 0 atom stereocenters. The summed E-state index contributed by atoms with van der Waals surface area (Å²) in [6.07, 6.45) is -8.10. The zero-order valence-corrected chi connectivity index (χ0v) is 9.24. The highest BCUT2D eigenvalue weighted by atomic mass is 35.7. The Morgan fingerprint density at radius 1 is 1.29 bits per heavy atom. The van der Waals surface area contributed by atoms with Crippen LogP contribution in [0.3, 0.4) is 0 Å². The molecule has 96 valence electrons. The molecule has 1 aromatic rings. The van der Waals surface area contributed by atoms with E-state index in [0.29, 0.717) is 0 Å². The average Bonchev–Trinajstić information content (AvgIpc) is 2.14. The van der Waals surface area contributed by atoms with Crippen molar-refractivity contribution in [1.29, 1.82) is 0 Å². The van der Waals surface area contributed by atoms with Crippen molar-refractivity contribution in [3.8, 4) is 0 Å². The molecular weight excluding hydrogens is 293 g/mol. The molecule has 0 unspecified atom stereocenters. The second kappa shape index (κ2) is 4.37. The molecule has 0 aliphatic rings. The van der Waals surface area contributed by atoms with E-state index in [4.69, 9.17) is 10.7 Å². The SMILES string of the molecule is O=S(=O)(Cl)c1cc(C(F)(F)F)ncc1C(F)F. The fraction of sp³-hybridized carbons (Fsp3) is 0.286. The summed E-state index contributed by atoms with van der Waals surface area (Å²) in [7, 11) is 0.0646. The van der Waals surface area contributed by atoms with Crippen molar-refractivity contribution >= 4 is 19.7 Å². The largest absolute Gasteiger partial charge is 0.433 e. The van der Waals surface area contributed by atoms with Crippen LogP contribution in [0.4, 0.5) is 22.0 Å². The van der Waals surface area contributed by atoms with Crippen LogP contribution in [0.5, 0.6) is 0 Å². The van der Waals surface area contributed by atoms with Crippen molar-refractivity contribution in [3.05, 3.63) is 23.5 Å². The monoisotopic (exact) mass is 295 g/mol. The van der Waals surface area contributed by atoms with Crippen molar-refractivity contribution < 1.29 is 30.4 Å². The van der Waals surface area contributed by atoms with Gasteiger partial charge >= 0.3 is 6.18 Å². The van der Waals surface area contributed by atoms with E-state index in [-0.39, 0.29) is 12.3 Å². The highest BCUT2D eigenvalue weighted by Gasteiger charge is 2.35. The first-order valence-electron chi connectivity index (χ1n) is 3.83. The number of rotatable bonds is 2. The van der Waals surface area contributed by atoms with Gasteiger partial charge in [-0.2, -0.15) is 13.2 Å².